The molecule has 4 fully saturated rings. The van der Waals surface area contributed by atoms with Crippen LogP contribution in [0.15, 0.2) is 48.2 Å². The number of carbonyl (C=O) groups excluding carboxylic acids is 2. The molecule has 4 aliphatic carbocycles. The van der Waals surface area contributed by atoms with Crippen LogP contribution in [0.25, 0.3) is 10.9 Å². The highest BCUT2D eigenvalue weighted by Crippen LogP contribution is 2.72. The van der Waals surface area contributed by atoms with E-state index in [1.165, 1.54) is 19.1 Å². The third-order valence-electron chi connectivity index (χ3n) is 10.9. The third-order valence-corrected chi connectivity index (χ3v) is 12.1. The molecule has 0 amide bonds. The van der Waals surface area contributed by atoms with Gasteiger partial charge in [0.05, 0.1) is 20.8 Å². The Labute approximate surface area is 278 Å². The summed E-state index contributed by atoms with van der Waals surface area (Å²) < 4.78 is 45.6. The Morgan fingerprint density at radius 2 is 1.93 bits per heavy atom. The standard InChI is InChI=1S/C24H30F2O6.C9H5ClINO/c1-20(2)31-19-9-13-14-8-16(25)15-7-12(28)5-6-21(15,3)23(14,26)17(29)10-22(13,4)24(19,32-20)18(30)11-27;10-6-4-7(11)9(13)8-5(6)2-1-3-12-8/h5-7,13-14,16-17,19,27,29H,8-11H2,1-4H3;1-4,13H/t13-,14-,16-,17-,19+,21-,22-,23-,24+;/m0./s1. The lowest BCUT2D eigenvalue weighted by Crippen LogP contribution is -2.71. The molecule has 0 bridgehead atoms. The molecular formula is C33H35ClF2INO7. The molecule has 3 saturated carbocycles. The first-order valence-corrected chi connectivity index (χ1v) is 16.3. The van der Waals surface area contributed by atoms with Gasteiger partial charge in [-0.15, -0.1) is 0 Å². The van der Waals surface area contributed by atoms with E-state index in [0.717, 1.165) is 11.5 Å². The smallest absolute Gasteiger partial charge is 0.193 e. The number of aliphatic hydroxyl groups excluding tert-OH is 2. The van der Waals surface area contributed by atoms with Gasteiger partial charge in [-0.05, 0) is 104 Å². The van der Waals surface area contributed by atoms with E-state index in [0.29, 0.717) is 14.1 Å². The number of alkyl halides is 2. The predicted molar refractivity (Wildman–Crippen MR) is 170 cm³/mol. The molecular weight excluding hydrogens is 723 g/mol. The lowest BCUT2D eigenvalue weighted by molar-refractivity contribution is -0.248. The summed E-state index contributed by atoms with van der Waals surface area (Å²) in [5, 5.41) is 32.2. The number of aromatic nitrogens is 1. The number of hydrogen-bond donors (Lipinski definition) is 3. The van der Waals surface area contributed by atoms with Crippen LogP contribution in [0.3, 0.4) is 0 Å². The van der Waals surface area contributed by atoms with Crippen LogP contribution in [0.2, 0.25) is 5.02 Å². The molecule has 12 heteroatoms. The second-order valence-electron chi connectivity index (χ2n) is 13.6. The first-order chi connectivity index (χ1) is 21.0. The second-order valence-corrected chi connectivity index (χ2v) is 15.2. The number of aliphatic hydroxyl groups is 2. The SMILES string of the molecule is CC1(C)O[C@@H]2C[C@H]3[C@@H]4C[C@H](F)C5=CC(=O)C=C[C@]5(C)[C@@]4(F)[C@@H](O)C[C@]3(C)[C@]2(C(=O)CO)O1.Oc1c(I)cc(Cl)c2cccnc12. The highest BCUT2D eigenvalue weighted by Gasteiger charge is 2.80. The lowest BCUT2D eigenvalue weighted by Gasteiger charge is -2.63. The van der Waals surface area contributed by atoms with E-state index in [2.05, 4.69) is 4.98 Å². The quantitative estimate of drug-likeness (QED) is 0.340. The van der Waals surface area contributed by atoms with Crippen molar-refractivity contribution in [3.05, 3.63) is 56.8 Å². The molecule has 2 heterocycles. The molecule has 0 unspecified atom stereocenters. The summed E-state index contributed by atoms with van der Waals surface area (Å²) in [6.07, 6.45) is 1.48. The van der Waals surface area contributed by atoms with E-state index in [1.54, 1.807) is 39.1 Å². The molecule has 242 valence electrons. The van der Waals surface area contributed by atoms with E-state index < -0.39 is 76.3 Å². The largest absolute Gasteiger partial charge is 0.505 e. The number of benzene rings is 1. The van der Waals surface area contributed by atoms with Crippen molar-refractivity contribution in [1.29, 1.82) is 0 Å². The average Bonchev–Trinajstić information content (AvgIpc) is 3.40. The van der Waals surface area contributed by atoms with Gasteiger partial charge in [-0.2, -0.15) is 0 Å². The Bertz CT molecular complexity index is 1670. The number of allylic oxidation sites excluding steroid dienone is 4. The van der Waals surface area contributed by atoms with Crippen LogP contribution < -0.4 is 0 Å². The number of nitrogens with zero attached hydrogens (tertiary/aromatic N) is 1. The zero-order valence-electron chi connectivity index (χ0n) is 25.2. The highest BCUT2D eigenvalue weighted by atomic mass is 127. The minimum absolute atomic E-state index is 0.0550. The molecule has 1 aromatic carbocycles. The number of carbonyl (C=O) groups is 2. The Morgan fingerprint density at radius 3 is 2.62 bits per heavy atom. The monoisotopic (exact) mass is 757 g/mol. The maximum absolute atomic E-state index is 17.1. The van der Waals surface area contributed by atoms with Gasteiger partial charge in [0, 0.05) is 28.3 Å². The molecule has 0 radical (unpaired) electrons. The molecule has 7 rings (SSSR count). The number of phenols is 1. The van der Waals surface area contributed by atoms with Crippen molar-refractivity contribution in [2.24, 2.45) is 22.7 Å². The van der Waals surface area contributed by atoms with Crippen molar-refractivity contribution in [3.63, 3.8) is 0 Å². The predicted octanol–water partition coefficient (Wildman–Crippen LogP) is 5.57. The minimum atomic E-state index is -2.24. The average molecular weight is 758 g/mol. The molecule has 3 N–H and O–H groups in total. The summed E-state index contributed by atoms with van der Waals surface area (Å²) in [7, 11) is 0. The first kappa shape index (κ1) is 32.9. The van der Waals surface area contributed by atoms with Crippen molar-refractivity contribution < 1.29 is 43.2 Å². The first-order valence-electron chi connectivity index (χ1n) is 14.9. The van der Waals surface area contributed by atoms with Gasteiger partial charge >= 0.3 is 0 Å². The fourth-order valence-corrected chi connectivity index (χ4v) is 10.1. The van der Waals surface area contributed by atoms with Crippen LogP contribution >= 0.6 is 34.2 Å². The Kier molecular flexibility index (Phi) is 7.85. The number of pyridine rings is 1. The van der Waals surface area contributed by atoms with Gasteiger partial charge < -0.3 is 24.8 Å². The fraction of sp³-hybridized carbons (Fsp3) is 0.545. The van der Waals surface area contributed by atoms with Crippen LogP contribution in [-0.2, 0) is 19.1 Å². The Morgan fingerprint density at radius 1 is 1.22 bits per heavy atom. The molecule has 45 heavy (non-hydrogen) atoms. The summed E-state index contributed by atoms with van der Waals surface area (Å²) in [6, 6.07) is 5.35. The van der Waals surface area contributed by atoms with Crippen LogP contribution in [0.4, 0.5) is 8.78 Å². The topological polar surface area (TPSA) is 126 Å². The van der Waals surface area contributed by atoms with Gasteiger partial charge in [-0.25, -0.2) is 8.78 Å². The fourth-order valence-electron chi connectivity index (χ4n) is 9.08. The zero-order valence-corrected chi connectivity index (χ0v) is 28.1. The molecule has 1 aromatic heterocycles. The van der Waals surface area contributed by atoms with Gasteiger partial charge in [0.2, 0.25) is 0 Å². The Balaban J connectivity index is 0.000000229. The number of halogens is 4. The van der Waals surface area contributed by atoms with Crippen molar-refractivity contribution >= 4 is 56.7 Å². The van der Waals surface area contributed by atoms with Crippen LogP contribution in [0.5, 0.6) is 5.75 Å². The van der Waals surface area contributed by atoms with E-state index in [1.807, 2.05) is 28.7 Å². The second kappa shape index (κ2) is 10.7. The van der Waals surface area contributed by atoms with Crippen molar-refractivity contribution in [3.8, 4) is 5.75 Å². The van der Waals surface area contributed by atoms with Gasteiger partial charge in [-0.1, -0.05) is 24.6 Å². The molecule has 9 atom stereocenters. The lowest BCUT2D eigenvalue weighted by atomic mass is 9.44. The summed E-state index contributed by atoms with van der Waals surface area (Å²) in [5.74, 6) is -3.34. The number of hydrogen-bond acceptors (Lipinski definition) is 8. The van der Waals surface area contributed by atoms with Crippen molar-refractivity contribution in [2.45, 2.75) is 82.4 Å². The molecule has 5 aliphatic rings. The number of fused-ring (bicyclic) bond motifs is 8. The van der Waals surface area contributed by atoms with Crippen LogP contribution in [0.1, 0.15) is 47.0 Å². The zero-order chi connectivity index (χ0) is 32.9. The van der Waals surface area contributed by atoms with Gasteiger partial charge in [0.25, 0.3) is 0 Å². The third kappa shape index (κ3) is 4.43. The van der Waals surface area contributed by atoms with Gasteiger partial charge in [0.15, 0.2) is 34.4 Å². The number of rotatable bonds is 2. The maximum atomic E-state index is 17.1. The van der Waals surface area contributed by atoms with E-state index in [-0.39, 0.29) is 30.6 Å². The van der Waals surface area contributed by atoms with Gasteiger partial charge in [0.1, 0.15) is 18.3 Å². The van der Waals surface area contributed by atoms with Crippen LogP contribution in [-0.4, -0.2) is 73.9 Å². The number of ether oxygens (including phenoxy) is 2. The molecule has 2 aromatic rings. The summed E-state index contributed by atoms with van der Waals surface area (Å²) in [5.41, 5.74) is -5.74. The van der Waals surface area contributed by atoms with Crippen molar-refractivity contribution in [2.75, 3.05) is 6.61 Å². The number of ketones is 2. The summed E-state index contributed by atoms with van der Waals surface area (Å²) in [4.78, 5) is 29.1. The molecule has 8 nitrogen and oxygen atoms in total. The molecule has 0 spiro atoms. The minimum Gasteiger partial charge on any atom is -0.505 e. The molecule has 1 aliphatic heterocycles. The number of aromatic hydroxyl groups is 1. The summed E-state index contributed by atoms with van der Waals surface area (Å²) in [6.45, 7) is 5.87. The molecule has 1 saturated heterocycles. The summed E-state index contributed by atoms with van der Waals surface area (Å²) >= 11 is 8.00. The van der Waals surface area contributed by atoms with Gasteiger partial charge in [-0.3, -0.25) is 14.6 Å². The Hall–Kier alpha value is -2.03. The van der Waals surface area contributed by atoms with E-state index in [4.69, 9.17) is 21.1 Å². The van der Waals surface area contributed by atoms with Crippen molar-refractivity contribution in [1.82, 2.24) is 4.98 Å². The number of phenolic OH excluding ortho intramolecular Hbond substituents is 1. The number of Topliss-reactive ketones (excluding diaryl/α,β-unsaturated/α-hetero) is 1. The van der Waals surface area contributed by atoms with Crippen LogP contribution in [0, 0.1) is 26.2 Å². The van der Waals surface area contributed by atoms with E-state index >= 15 is 8.78 Å². The normalized spacial score (nSPS) is 40.9. The maximum Gasteiger partial charge on any atom is 0.193 e. The van der Waals surface area contributed by atoms with E-state index in [9.17, 15) is 24.9 Å². The highest BCUT2D eigenvalue weighted by molar-refractivity contribution is 14.1.